The van der Waals surface area contributed by atoms with Crippen LogP contribution in [0.5, 0.6) is 0 Å². The van der Waals surface area contributed by atoms with Crippen molar-refractivity contribution in [2.45, 2.75) is 23.1 Å². The highest BCUT2D eigenvalue weighted by Gasteiger charge is 2.30. The van der Waals surface area contributed by atoms with E-state index in [1.54, 1.807) is 7.05 Å². The minimum Gasteiger partial charge on any atom is -0.478 e. The monoisotopic (exact) mass is 304 g/mol. The second kappa shape index (κ2) is 5.58. The number of sulfonamides is 1. The summed E-state index contributed by atoms with van der Waals surface area (Å²) >= 11 is 0.951. The largest absolute Gasteiger partial charge is 0.478 e. The number of carbonyl (C=O) groups is 1. The second-order valence-electron chi connectivity index (χ2n) is 4.46. The van der Waals surface area contributed by atoms with Crippen LogP contribution in [-0.2, 0) is 10.0 Å². The molecule has 0 bridgehead atoms. The van der Waals surface area contributed by atoms with Crippen molar-refractivity contribution in [3.63, 3.8) is 0 Å². The maximum atomic E-state index is 12.4. The van der Waals surface area contributed by atoms with E-state index in [1.165, 1.54) is 15.8 Å². The zero-order valence-electron chi connectivity index (χ0n) is 10.5. The Morgan fingerprint density at radius 1 is 1.47 bits per heavy atom. The van der Waals surface area contributed by atoms with Gasteiger partial charge in [0.25, 0.3) is 10.0 Å². The van der Waals surface area contributed by atoms with Crippen molar-refractivity contribution in [1.82, 2.24) is 9.62 Å². The van der Waals surface area contributed by atoms with Crippen LogP contribution in [0.15, 0.2) is 15.7 Å². The Morgan fingerprint density at radius 2 is 2.11 bits per heavy atom. The van der Waals surface area contributed by atoms with Gasteiger partial charge in [-0.15, -0.1) is 11.3 Å². The Morgan fingerprint density at radius 3 is 2.63 bits per heavy atom. The summed E-state index contributed by atoms with van der Waals surface area (Å²) in [6.45, 7) is 1.60. The highest BCUT2D eigenvalue weighted by Crippen LogP contribution is 2.26. The molecule has 0 amide bonds. The molecule has 8 heteroatoms. The molecular formula is C11H16N2O4S2. The first-order chi connectivity index (χ1) is 8.93. The van der Waals surface area contributed by atoms with Gasteiger partial charge in [-0.1, -0.05) is 0 Å². The number of thiophene rings is 1. The molecule has 1 aromatic heterocycles. The zero-order chi connectivity index (χ0) is 14.0. The number of carboxylic acids is 1. The molecule has 2 rings (SSSR count). The summed E-state index contributed by atoms with van der Waals surface area (Å²) in [5.74, 6) is -1.11. The lowest BCUT2D eigenvalue weighted by Gasteiger charge is -2.30. The Hall–Kier alpha value is -0.960. The topological polar surface area (TPSA) is 86.7 Å². The van der Waals surface area contributed by atoms with E-state index in [-0.39, 0.29) is 15.8 Å². The van der Waals surface area contributed by atoms with Gasteiger partial charge in [-0.25, -0.2) is 13.2 Å². The van der Waals surface area contributed by atoms with E-state index in [9.17, 15) is 13.2 Å². The van der Waals surface area contributed by atoms with Gasteiger partial charge in [0, 0.05) is 18.5 Å². The summed E-state index contributed by atoms with van der Waals surface area (Å²) in [5.41, 5.74) is 0.0160. The number of piperidine rings is 1. The van der Waals surface area contributed by atoms with Gasteiger partial charge in [-0.2, -0.15) is 4.31 Å². The van der Waals surface area contributed by atoms with Crippen LogP contribution in [0.3, 0.4) is 0 Å². The van der Waals surface area contributed by atoms with Crippen LogP contribution in [0.25, 0.3) is 0 Å². The molecule has 19 heavy (non-hydrogen) atoms. The first kappa shape index (κ1) is 14.4. The number of nitrogens with one attached hydrogen (secondary N) is 1. The molecule has 1 aliphatic heterocycles. The van der Waals surface area contributed by atoms with E-state index in [4.69, 9.17) is 5.11 Å². The van der Waals surface area contributed by atoms with Gasteiger partial charge >= 0.3 is 5.97 Å². The molecule has 106 valence electrons. The standard InChI is InChI=1S/C11H16N2O4S2/c1-13(9-2-4-12-5-3-9)19(16,17)10-6-8(7-18-10)11(14)15/h6-7,9,12H,2-5H2,1H3,(H,14,15). The number of nitrogens with zero attached hydrogens (tertiary/aromatic N) is 1. The van der Waals surface area contributed by atoms with Crippen LogP contribution in [0, 0.1) is 0 Å². The lowest BCUT2D eigenvalue weighted by Crippen LogP contribution is -2.43. The minimum atomic E-state index is -3.59. The summed E-state index contributed by atoms with van der Waals surface area (Å²) in [6, 6.07) is 1.20. The lowest BCUT2D eigenvalue weighted by atomic mass is 10.1. The molecule has 0 atom stereocenters. The van der Waals surface area contributed by atoms with Gasteiger partial charge in [0.05, 0.1) is 5.56 Å². The Balaban J connectivity index is 2.22. The lowest BCUT2D eigenvalue weighted by molar-refractivity contribution is 0.0697. The van der Waals surface area contributed by atoms with Gasteiger partial charge in [-0.3, -0.25) is 0 Å². The molecule has 0 unspecified atom stereocenters. The van der Waals surface area contributed by atoms with E-state index in [0.29, 0.717) is 0 Å². The smallest absolute Gasteiger partial charge is 0.336 e. The van der Waals surface area contributed by atoms with Gasteiger partial charge in [-0.05, 0) is 32.0 Å². The predicted molar refractivity (Wildman–Crippen MR) is 72.1 cm³/mol. The summed E-state index contributed by atoms with van der Waals surface area (Å²) in [5, 5.41) is 13.4. The van der Waals surface area contributed by atoms with E-state index in [1.807, 2.05) is 0 Å². The molecule has 2 N–H and O–H groups in total. The molecule has 1 aromatic rings. The van der Waals surface area contributed by atoms with Crippen LogP contribution >= 0.6 is 11.3 Å². The molecule has 6 nitrogen and oxygen atoms in total. The van der Waals surface area contributed by atoms with Crippen LogP contribution in [0.2, 0.25) is 0 Å². The predicted octanol–water partition coefficient (Wildman–Crippen LogP) is 0.819. The van der Waals surface area contributed by atoms with Gasteiger partial charge in [0.1, 0.15) is 4.21 Å². The molecule has 1 fully saturated rings. The minimum absolute atomic E-state index is 0.0160. The highest BCUT2D eigenvalue weighted by molar-refractivity contribution is 7.91. The fraction of sp³-hybridized carbons (Fsp3) is 0.545. The van der Waals surface area contributed by atoms with Crippen molar-refractivity contribution >= 4 is 27.3 Å². The Bertz CT molecular complexity index is 561. The Kier molecular flexibility index (Phi) is 4.24. The van der Waals surface area contributed by atoms with Crippen molar-refractivity contribution in [2.24, 2.45) is 0 Å². The van der Waals surface area contributed by atoms with E-state index < -0.39 is 16.0 Å². The molecule has 2 heterocycles. The fourth-order valence-corrected chi connectivity index (χ4v) is 4.83. The molecule has 1 aliphatic rings. The third-order valence-corrected chi connectivity index (χ3v) is 6.60. The molecule has 0 aliphatic carbocycles. The van der Waals surface area contributed by atoms with Gasteiger partial charge in [0.15, 0.2) is 0 Å². The normalized spacial score (nSPS) is 17.8. The number of aromatic carboxylic acids is 1. The maximum Gasteiger partial charge on any atom is 0.336 e. The summed E-state index contributed by atoms with van der Waals surface area (Å²) in [4.78, 5) is 10.8. The third-order valence-electron chi connectivity index (χ3n) is 3.28. The maximum absolute atomic E-state index is 12.4. The van der Waals surface area contributed by atoms with Crippen molar-refractivity contribution in [3.8, 4) is 0 Å². The van der Waals surface area contributed by atoms with E-state index in [0.717, 1.165) is 37.3 Å². The summed E-state index contributed by atoms with van der Waals surface area (Å²) in [7, 11) is -2.03. The van der Waals surface area contributed by atoms with Crippen molar-refractivity contribution < 1.29 is 18.3 Å². The second-order valence-corrected chi connectivity index (χ2v) is 7.60. The summed E-state index contributed by atoms with van der Waals surface area (Å²) < 4.78 is 26.2. The number of hydrogen-bond donors (Lipinski definition) is 2. The van der Waals surface area contributed by atoms with Gasteiger partial charge in [0.2, 0.25) is 0 Å². The quantitative estimate of drug-likeness (QED) is 0.860. The van der Waals surface area contributed by atoms with Crippen molar-refractivity contribution in [3.05, 3.63) is 17.0 Å². The van der Waals surface area contributed by atoms with Crippen molar-refractivity contribution in [1.29, 1.82) is 0 Å². The van der Waals surface area contributed by atoms with E-state index >= 15 is 0 Å². The van der Waals surface area contributed by atoms with Crippen LogP contribution in [0.1, 0.15) is 23.2 Å². The van der Waals surface area contributed by atoms with E-state index in [2.05, 4.69) is 5.32 Å². The van der Waals surface area contributed by atoms with Crippen molar-refractivity contribution in [2.75, 3.05) is 20.1 Å². The average molecular weight is 304 g/mol. The third kappa shape index (κ3) is 2.97. The number of hydrogen-bond acceptors (Lipinski definition) is 5. The number of carboxylic acid groups (broad SMARTS) is 1. The molecular weight excluding hydrogens is 288 g/mol. The molecule has 0 spiro atoms. The SMILES string of the molecule is CN(C1CCNCC1)S(=O)(=O)c1cc(C(=O)O)cs1. The molecule has 0 radical (unpaired) electrons. The van der Waals surface area contributed by atoms with Crippen LogP contribution in [-0.4, -0.2) is 50.0 Å². The first-order valence-electron chi connectivity index (χ1n) is 5.93. The molecule has 0 aromatic carbocycles. The van der Waals surface area contributed by atoms with Crippen LogP contribution in [0.4, 0.5) is 0 Å². The highest BCUT2D eigenvalue weighted by atomic mass is 32.2. The average Bonchev–Trinajstić information content (AvgIpc) is 2.89. The van der Waals surface area contributed by atoms with Crippen LogP contribution < -0.4 is 5.32 Å². The Labute approximate surface area is 116 Å². The summed E-state index contributed by atoms with van der Waals surface area (Å²) in [6.07, 6.45) is 1.54. The number of rotatable bonds is 4. The zero-order valence-corrected chi connectivity index (χ0v) is 12.1. The fourth-order valence-electron chi connectivity index (χ4n) is 2.07. The van der Waals surface area contributed by atoms with Gasteiger partial charge < -0.3 is 10.4 Å². The first-order valence-corrected chi connectivity index (χ1v) is 8.25. The molecule has 0 saturated carbocycles. The molecule has 1 saturated heterocycles.